The first-order valence-corrected chi connectivity index (χ1v) is 8.52. The van der Waals surface area contributed by atoms with Crippen molar-refractivity contribution in [1.82, 2.24) is 9.55 Å². The van der Waals surface area contributed by atoms with Gasteiger partial charge in [0.1, 0.15) is 5.50 Å². The van der Waals surface area contributed by atoms with Crippen LogP contribution in [0.4, 0.5) is 0 Å². The van der Waals surface area contributed by atoms with E-state index in [1.54, 1.807) is 24.3 Å². The van der Waals surface area contributed by atoms with Crippen molar-refractivity contribution in [3.8, 4) is 0 Å². The maximum atomic E-state index is 6.71. The van der Waals surface area contributed by atoms with Crippen molar-refractivity contribution < 1.29 is 0 Å². The molecule has 0 aliphatic rings. The average Bonchev–Trinajstić information content (AvgIpc) is 3.08. The fourth-order valence-corrected chi connectivity index (χ4v) is 3.85. The summed E-state index contributed by atoms with van der Waals surface area (Å²) in [6, 6.07) is 18.1. The lowest BCUT2D eigenvalue weighted by Crippen LogP contribution is -2.09. The van der Waals surface area contributed by atoms with Crippen LogP contribution in [0.5, 0.6) is 0 Å². The van der Waals surface area contributed by atoms with E-state index in [0.717, 1.165) is 10.6 Å². The summed E-state index contributed by atoms with van der Waals surface area (Å²) in [5.74, 6) is 0. The van der Waals surface area contributed by atoms with Gasteiger partial charge in [-0.1, -0.05) is 53.5 Å². The number of nitrogens with zero attached hydrogens (tertiary/aromatic N) is 2. The third-order valence-electron chi connectivity index (χ3n) is 3.26. The molecule has 2 unspecified atom stereocenters. The fraction of sp³-hybridized carbons (Fsp3) is 0.118. The molecule has 1 heterocycles. The number of aromatic nitrogens is 2. The van der Waals surface area contributed by atoms with Gasteiger partial charge in [-0.3, -0.25) is 0 Å². The molecule has 22 heavy (non-hydrogen) atoms. The van der Waals surface area contributed by atoms with Crippen LogP contribution >= 0.6 is 35.0 Å². The fourth-order valence-electron chi connectivity index (χ4n) is 2.15. The maximum Gasteiger partial charge on any atom is 0.125 e. The average molecular weight is 349 g/mol. The smallest absolute Gasteiger partial charge is 0.125 e. The van der Waals surface area contributed by atoms with Crippen molar-refractivity contribution in [1.29, 1.82) is 0 Å². The molecule has 0 radical (unpaired) electrons. The molecule has 2 atom stereocenters. The molecule has 0 amide bonds. The lowest BCUT2D eigenvalue weighted by Gasteiger charge is -2.23. The number of imidazole rings is 1. The molecule has 0 bridgehead atoms. The summed E-state index contributed by atoms with van der Waals surface area (Å²) in [5, 5.41) is 0.775. The van der Waals surface area contributed by atoms with Crippen LogP contribution in [-0.2, 0) is 0 Å². The predicted octanol–water partition coefficient (Wildman–Crippen LogP) is 5.81. The van der Waals surface area contributed by atoms with Gasteiger partial charge >= 0.3 is 0 Å². The van der Waals surface area contributed by atoms with Crippen LogP contribution in [0, 0.1) is 0 Å². The monoisotopic (exact) mass is 348 g/mol. The lowest BCUT2D eigenvalue weighted by atomic mass is 10.1. The molecule has 0 aliphatic heterocycles. The minimum absolute atomic E-state index is 0.0514. The Morgan fingerprint density at radius 1 is 1.00 bits per heavy atom. The third kappa shape index (κ3) is 3.67. The van der Waals surface area contributed by atoms with E-state index >= 15 is 0 Å². The molecule has 0 aliphatic carbocycles. The van der Waals surface area contributed by atoms with Crippen LogP contribution in [0.25, 0.3) is 0 Å². The highest BCUT2D eigenvalue weighted by Gasteiger charge is 2.23. The number of benzene rings is 2. The Hall–Kier alpha value is -1.42. The van der Waals surface area contributed by atoms with Gasteiger partial charge in [0.15, 0.2) is 0 Å². The zero-order valence-corrected chi connectivity index (χ0v) is 14.0. The van der Waals surface area contributed by atoms with Crippen molar-refractivity contribution in [3.63, 3.8) is 0 Å². The van der Waals surface area contributed by atoms with Crippen LogP contribution in [-0.4, -0.2) is 9.55 Å². The van der Waals surface area contributed by atoms with Gasteiger partial charge in [-0.25, -0.2) is 4.98 Å². The van der Waals surface area contributed by atoms with Crippen molar-refractivity contribution >= 4 is 35.0 Å². The number of hydrogen-bond acceptors (Lipinski definition) is 2. The van der Waals surface area contributed by atoms with E-state index in [9.17, 15) is 0 Å². The van der Waals surface area contributed by atoms with E-state index in [0.29, 0.717) is 0 Å². The Bertz CT molecular complexity index is 699. The Kier molecular flexibility index (Phi) is 5.08. The molecular formula is C17H14Cl2N2S. The first-order chi connectivity index (χ1) is 10.7. The number of thioether (sulfide) groups is 1. The van der Waals surface area contributed by atoms with Gasteiger partial charge in [0.25, 0.3) is 0 Å². The van der Waals surface area contributed by atoms with Gasteiger partial charge in [-0.05, 0) is 29.8 Å². The quantitative estimate of drug-likeness (QED) is 0.427. The summed E-state index contributed by atoms with van der Waals surface area (Å²) < 4.78 is 1.91. The van der Waals surface area contributed by atoms with Crippen molar-refractivity contribution in [2.75, 3.05) is 0 Å². The molecule has 3 aromatic rings. The second kappa shape index (κ2) is 7.23. The van der Waals surface area contributed by atoms with E-state index in [-0.39, 0.29) is 10.8 Å². The van der Waals surface area contributed by atoms with Gasteiger partial charge < -0.3 is 4.57 Å². The number of hydrogen-bond donors (Lipinski definition) is 0. The van der Waals surface area contributed by atoms with E-state index in [1.807, 2.05) is 53.2 Å². The normalized spacial score (nSPS) is 13.7. The molecule has 2 aromatic carbocycles. The molecule has 5 heteroatoms. The molecule has 2 nitrogen and oxygen atoms in total. The Labute approximate surface area is 144 Å². The van der Waals surface area contributed by atoms with Crippen LogP contribution < -0.4 is 0 Å². The number of halogens is 2. The molecule has 112 valence electrons. The number of alkyl halides is 1. The second-order valence-electron chi connectivity index (χ2n) is 4.79. The highest BCUT2D eigenvalue weighted by atomic mass is 35.5. The second-order valence-corrected chi connectivity index (χ2v) is 6.88. The zero-order chi connectivity index (χ0) is 15.4. The summed E-state index contributed by atoms with van der Waals surface area (Å²) in [5.41, 5.74) is 0.890. The molecule has 0 spiro atoms. The molecule has 1 aromatic heterocycles. The molecule has 0 saturated heterocycles. The van der Waals surface area contributed by atoms with Crippen LogP contribution in [0.15, 0.2) is 78.2 Å². The van der Waals surface area contributed by atoms with Gasteiger partial charge in [0, 0.05) is 22.3 Å². The first kappa shape index (κ1) is 15.5. The van der Waals surface area contributed by atoms with E-state index in [1.165, 1.54) is 4.90 Å². The summed E-state index contributed by atoms with van der Waals surface area (Å²) in [7, 11) is 0. The topological polar surface area (TPSA) is 17.8 Å². The highest BCUT2D eigenvalue weighted by molar-refractivity contribution is 7.99. The van der Waals surface area contributed by atoms with E-state index in [4.69, 9.17) is 23.2 Å². The molecule has 0 saturated carbocycles. The van der Waals surface area contributed by atoms with Gasteiger partial charge in [0.2, 0.25) is 0 Å². The Morgan fingerprint density at radius 2 is 1.73 bits per heavy atom. The number of rotatable bonds is 5. The highest BCUT2D eigenvalue weighted by Crippen LogP contribution is 2.44. The summed E-state index contributed by atoms with van der Waals surface area (Å²) in [6.45, 7) is 0. The van der Waals surface area contributed by atoms with E-state index in [2.05, 4.69) is 17.1 Å². The summed E-state index contributed by atoms with van der Waals surface area (Å²) in [6.07, 6.45) is 5.36. The molecule has 0 N–H and O–H groups in total. The van der Waals surface area contributed by atoms with Crippen molar-refractivity contribution in [2.24, 2.45) is 0 Å². The van der Waals surface area contributed by atoms with Crippen LogP contribution in [0.2, 0.25) is 5.02 Å². The third-order valence-corrected chi connectivity index (χ3v) is 5.47. The van der Waals surface area contributed by atoms with Gasteiger partial charge in [0.05, 0.1) is 11.6 Å². The van der Waals surface area contributed by atoms with Crippen LogP contribution in [0.1, 0.15) is 16.3 Å². The summed E-state index contributed by atoms with van der Waals surface area (Å²) in [4.78, 5) is 5.26. The first-order valence-electron chi connectivity index (χ1n) is 6.83. The molecule has 0 fully saturated rings. The van der Waals surface area contributed by atoms with Gasteiger partial charge in [-0.2, -0.15) is 0 Å². The minimum atomic E-state index is -0.242. The Balaban J connectivity index is 1.92. The van der Waals surface area contributed by atoms with Crippen molar-refractivity contribution in [2.45, 2.75) is 15.6 Å². The van der Waals surface area contributed by atoms with Crippen LogP contribution in [0.3, 0.4) is 0 Å². The zero-order valence-electron chi connectivity index (χ0n) is 11.6. The lowest BCUT2D eigenvalue weighted by molar-refractivity contribution is 0.651. The minimum Gasteiger partial charge on any atom is -0.319 e. The van der Waals surface area contributed by atoms with Gasteiger partial charge in [-0.15, -0.1) is 11.8 Å². The van der Waals surface area contributed by atoms with E-state index < -0.39 is 0 Å². The largest absolute Gasteiger partial charge is 0.319 e. The Morgan fingerprint density at radius 3 is 2.36 bits per heavy atom. The maximum absolute atomic E-state index is 6.71. The molecule has 3 rings (SSSR count). The molecular weight excluding hydrogens is 335 g/mol. The van der Waals surface area contributed by atoms with Crippen molar-refractivity contribution in [3.05, 3.63) is 83.9 Å². The predicted molar refractivity (Wildman–Crippen MR) is 93.6 cm³/mol. The summed E-state index contributed by atoms with van der Waals surface area (Å²) >= 11 is 14.4. The standard InChI is InChI=1S/C17H14Cl2N2S/c18-14-8-6-13(7-9-14)16(17(19)21-11-10-20-12-21)22-15-4-2-1-3-5-15/h1-12,16-17H. The SMILES string of the molecule is Clc1ccc(C(Sc2ccccc2)C(Cl)n2ccnc2)cc1.